The standard InChI is InChI=1S/C10H14NO2S/c1-3-11(4-2)14(12,13)10-8-6-5-7-9-10/h6-9H,3-4H2,1-2H3. The normalized spacial score (nSPS) is 11.9. The molecule has 1 aromatic rings. The van der Waals surface area contributed by atoms with E-state index in [1.54, 1.807) is 24.3 Å². The summed E-state index contributed by atoms with van der Waals surface area (Å²) in [7, 11) is -3.29. The van der Waals surface area contributed by atoms with Crippen LogP contribution in [0.25, 0.3) is 0 Å². The van der Waals surface area contributed by atoms with Crippen molar-refractivity contribution in [2.24, 2.45) is 0 Å². The third-order valence-corrected chi connectivity index (χ3v) is 4.09. The van der Waals surface area contributed by atoms with E-state index in [0.717, 1.165) is 0 Å². The van der Waals surface area contributed by atoms with Crippen molar-refractivity contribution in [3.8, 4) is 0 Å². The fourth-order valence-electron chi connectivity index (χ4n) is 1.26. The summed E-state index contributed by atoms with van der Waals surface area (Å²) in [4.78, 5) is 0.333. The number of benzene rings is 1. The molecule has 0 aliphatic carbocycles. The van der Waals surface area contributed by atoms with Crippen LogP contribution in [0.1, 0.15) is 13.8 Å². The van der Waals surface area contributed by atoms with Crippen LogP contribution in [0.5, 0.6) is 0 Å². The largest absolute Gasteiger partial charge is 0.243 e. The molecule has 0 aliphatic rings. The van der Waals surface area contributed by atoms with Crippen molar-refractivity contribution in [2.45, 2.75) is 18.7 Å². The molecular weight excluding hydrogens is 198 g/mol. The Balaban J connectivity index is 3.08. The lowest BCUT2D eigenvalue weighted by Crippen LogP contribution is -2.30. The molecule has 1 rings (SSSR count). The van der Waals surface area contributed by atoms with Crippen LogP contribution in [0.15, 0.2) is 29.2 Å². The molecule has 77 valence electrons. The van der Waals surface area contributed by atoms with Crippen LogP contribution >= 0.6 is 0 Å². The van der Waals surface area contributed by atoms with Crippen LogP contribution in [-0.2, 0) is 10.0 Å². The predicted molar refractivity (Wildman–Crippen MR) is 55.4 cm³/mol. The Labute approximate surface area is 85.4 Å². The Morgan fingerprint density at radius 2 is 1.71 bits per heavy atom. The lowest BCUT2D eigenvalue weighted by Gasteiger charge is -2.17. The van der Waals surface area contributed by atoms with Crippen molar-refractivity contribution in [2.75, 3.05) is 13.1 Å². The van der Waals surface area contributed by atoms with Crippen molar-refractivity contribution in [1.29, 1.82) is 0 Å². The zero-order valence-corrected chi connectivity index (χ0v) is 9.21. The first-order valence-corrected chi connectivity index (χ1v) is 6.03. The van der Waals surface area contributed by atoms with Crippen molar-refractivity contribution >= 4 is 10.0 Å². The SMILES string of the molecule is CCN(CC)S(=O)(=O)c1cc[c]cc1. The van der Waals surface area contributed by atoms with E-state index in [2.05, 4.69) is 6.07 Å². The maximum Gasteiger partial charge on any atom is 0.243 e. The van der Waals surface area contributed by atoms with Gasteiger partial charge in [0.25, 0.3) is 0 Å². The van der Waals surface area contributed by atoms with Gasteiger partial charge in [-0.3, -0.25) is 0 Å². The summed E-state index contributed by atoms with van der Waals surface area (Å²) in [5.41, 5.74) is 0. The fourth-order valence-corrected chi connectivity index (χ4v) is 2.71. The highest BCUT2D eigenvalue weighted by molar-refractivity contribution is 7.89. The van der Waals surface area contributed by atoms with Crippen LogP contribution in [0, 0.1) is 6.07 Å². The maximum absolute atomic E-state index is 11.9. The monoisotopic (exact) mass is 212 g/mol. The highest BCUT2D eigenvalue weighted by Crippen LogP contribution is 2.13. The second-order valence-corrected chi connectivity index (χ2v) is 4.76. The number of nitrogens with zero attached hydrogens (tertiary/aromatic N) is 1. The van der Waals surface area contributed by atoms with Crippen molar-refractivity contribution in [3.05, 3.63) is 30.3 Å². The molecule has 14 heavy (non-hydrogen) atoms. The molecule has 1 aromatic carbocycles. The van der Waals surface area contributed by atoms with E-state index >= 15 is 0 Å². The van der Waals surface area contributed by atoms with Gasteiger partial charge in [0.2, 0.25) is 10.0 Å². The lowest BCUT2D eigenvalue weighted by atomic mass is 10.4. The molecule has 0 spiro atoms. The fraction of sp³-hybridized carbons (Fsp3) is 0.400. The Morgan fingerprint density at radius 3 is 2.14 bits per heavy atom. The molecular formula is C10H14NO2S. The maximum atomic E-state index is 11.9. The van der Waals surface area contributed by atoms with E-state index in [9.17, 15) is 8.42 Å². The van der Waals surface area contributed by atoms with Gasteiger partial charge in [0.1, 0.15) is 0 Å². The number of rotatable bonds is 4. The van der Waals surface area contributed by atoms with Crippen LogP contribution in [0.3, 0.4) is 0 Å². The molecule has 4 heteroatoms. The van der Waals surface area contributed by atoms with E-state index in [1.807, 2.05) is 13.8 Å². The minimum atomic E-state index is -3.29. The Kier molecular flexibility index (Phi) is 3.66. The molecule has 0 N–H and O–H groups in total. The highest BCUT2D eigenvalue weighted by Gasteiger charge is 2.20. The Morgan fingerprint density at radius 1 is 1.21 bits per heavy atom. The van der Waals surface area contributed by atoms with Crippen molar-refractivity contribution in [1.82, 2.24) is 4.31 Å². The second-order valence-electron chi connectivity index (χ2n) is 2.83. The van der Waals surface area contributed by atoms with Gasteiger partial charge in [-0.15, -0.1) is 0 Å². The quantitative estimate of drug-likeness (QED) is 0.758. The number of hydrogen-bond donors (Lipinski definition) is 0. The average molecular weight is 212 g/mol. The van der Waals surface area contributed by atoms with Gasteiger partial charge in [-0.2, -0.15) is 4.31 Å². The van der Waals surface area contributed by atoms with E-state index in [1.165, 1.54) is 4.31 Å². The first-order valence-electron chi connectivity index (χ1n) is 4.59. The minimum Gasteiger partial charge on any atom is -0.207 e. The van der Waals surface area contributed by atoms with Gasteiger partial charge in [-0.1, -0.05) is 26.0 Å². The van der Waals surface area contributed by atoms with Crippen molar-refractivity contribution in [3.63, 3.8) is 0 Å². The predicted octanol–water partition coefficient (Wildman–Crippen LogP) is 1.52. The van der Waals surface area contributed by atoms with Crippen molar-refractivity contribution < 1.29 is 8.42 Å². The first-order chi connectivity index (χ1) is 6.62. The average Bonchev–Trinajstić information content (AvgIpc) is 2.20. The molecule has 0 aromatic heterocycles. The zero-order valence-electron chi connectivity index (χ0n) is 8.40. The third kappa shape index (κ3) is 2.13. The topological polar surface area (TPSA) is 37.4 Å². The summed E-state index contributed by atoms with van der Waals surface area (Å²) >= 11 is 0. The van der Waals surface area contributed by atoms with E-state index in [0.29, 0.717) is 18.0 Å². The van der Waals surface area contributed by atoms with E-state index in [-0.39, 0.29) is 0 Å². The van der Waals surface area contributed by atoms with Gasteiger partial charge in [-0.25, -0.2) is 8.42 Å². The highest BCUT2D eigenvalue weighted by atomic mass is 32.2. The smallest absolute Gasteiger partial charge is 0.207 e. The molecule has 0 saturated carbocycles. The molecule has 0 amide bonds. The van der Waals surface area contributed by atoms with Gasteiger partial charge in [0.15, 0.2) is 0 Å². The zero-order chi connectivity index (χ0) is 10.6. The first kappa shape index (κ1) is 11.2. The Hall–Kier alpha value is -0.870. The summed E-state index contributed by atoms with van der Waals surface area (Å²) in [6.07, 6.45) is 0. The number of hydrogen-bond acceptors (Lipinski definition) is 2. The molecule has 0 atom stereocenters. The number of sulfonamides is 1. The van der Waals surface area contributed by atoms with E-state index in [4.69, 9.17) is 0 Å². The van der Waals surface area contributed by atoms with Crippen LogP contribution in [0.4, 0.5) is 0 Å². The van der Waals surface area contributed by atoms with Gasteiger partial charge in [-0.05, 0) is 18.2 Å². The van der Waals surface area contributed by atoms with Gasteiger partial charge in [0.05, 0.1) is 4.90 Å². The van der Waals surface area contributed by atoms with Gasteiger partial charge < -0.3 is 0 Å². The molecule has 0 unspecified atom stereocenters. The molecule has 0 aliphatic heterocycles. The Bertz CT molecular complexity index is 368. The van der Waals surface area contributed by atoms with Crippen LogP contribution < -0.4 is 0 Å². The third-order valence-electron chi connectivity index (χ3n) is 2.03. The minimum absolute atomic E-state index is 0.333. The molecule has 0 heterocycles. The molecule has 1 radical (unpaired) electrons. The lowest BCUT2D eigenvalue weighted by molar-refractivity contribution is 0.445. The molecule has 3 nitrogen and oxygen atoms in total. The van der Waals surface area contributed by atoms with E-state index < -0.39 is 10.0 Å². The summed E-state index contributed by atoms with van der Waals surface area (Å²) < 4.78 is 25.2. The van der Waals surface area contributed by atoms with Crippen LogP contribution in [0.2, 0.25) is 0 Å². The molecule has 0 fully saturated rings. The molecule has 0 bridgehead atoms. The summed E-state index contributed by atoms with van der Waals surface area (Å²) in [6, 6.07) is 9.14. The van der Waals surface area contributed by atoms with Gasteiger partial charge >= 0.3 is 0 Å². The second kappa shape index (κ2) is 4.57. The summed E-state index contributed by atoms with van der Waals surface area (Å²) in [5.74, 6) is 0. The summed E-state index contributed by atoms with van der Waals surface area (Å²) in [6.45, 7) is 4.65. The van der Waals surface area contributed by atoms with Crippen LogP contribution in [-0.4, -0.2) is 25.8 Å². The van der Waals surface area contributed by atoms with Gasteiger partial charge in [0, 0.05) is 13.1 Å². The summed E-state index contributed by atoms with van der Waals surface area (Å²) in [5, 5.41) is 0. The molecule has 0 saturated heterocycles.